The summed E-state index contributed by atoms with van der Waals surface area (Å²) >= 11 is 6.10. The van der Waals surface area contributed by atoms with Crippen molar-refractivity contribution >= 4 is 55.8 Å². The molecule has 0 fully saturated rings. The number of benzene rings is 1. The molecule has 68 valence electrons. The molecule has 0 saturated carbocycles. The number of hydrogen-bond acceptors (Lipinski definition) is 2. The summed E-state index contributed by atoms with van der Waals surface area (Å²) in [7, 11) is 0. The molecule has 1 aromatic heterocycles. The predicted octanol–water partition coefficient (Wildman–Crippen LogP) is 4.54. The van der Waals surface area contributed by atoms with Gasteiger partial charge in [0.2, 0.25) is 0 Å². The molecule has 13 heavy (non-hydrogen) atoms. The second-order valence-electron chi connectivity index (χ2n) is 2.88. The van der Waals surface area contributed by atoms with Gasteiger partial charge in [-0.1, -0.05) is 12.1 Å². The molecule has 0 unspecified atom stereocenters. The summed E-state index contributed by atoms with van der Waals surface area (Å²) < 4.78 is 2.81. The van der Waals surface area contributed by atoms with Crippen molar-refractivity contribution in [3.05, 3.63) is 26.6 Å². The lowest BCUT2D eigenvalue weighted by atomic mass is 10.2. The van der Waals surface area contributed by atoms with Gasteiger partial charge in [-0.15, -0.1) is 23.1 Å². The van der Waals surface area contributed by atoms with Crippen LogP contribution >= 0.6 is 45.7 Å². The first-order valence-electron chi connectivity index (χ1n) is 3.94. The quantitative estimate of drug-likeness (QED) is 0.549. The van der Waals surface area contributed by atoms with Crippen LogP contribution in [0.25, 0.3) is 10.1 Å². The second-order valence-corrected chi connectivity index (χ2v) is 5.73. The van der Waals surface area contributed by atoms with E-state index in [0.717, 1.165) is 0 Å². The van der Waals surface area contributed by atoms with Gasteiger partial charge < -0.3 is 0 Å². The summed E-state index contributed by atoms with van der Waals surface area (Å²) in [5, 5.41) is 3.63. The third kappa shape index (κ3) is 1.62. The van der Waals surface area contributed by atoms with Crippen molar-refractivity contribution in [2.75, 3.05) is 6.26 Å². The molecule has 0 amide bonds. The third-order valence-corrected chi connectivity index (χ3v) is 5.44. The van der Waals surface area contributed by atoms with Gasteiger partial charge >= 0.3 is 0 Å². The fraction of sp³-hybridized carbons (Fsp3) is 0.200. The van der Waals surface area contributed by atoms with Crippen LogP contribution in [0.5, 0.6) is 0 Å². The second kappa shape index (κ2) is 3.79. The lowest BCUT2D eigenvalue weighted by Gasteiger charge is -2.03. The summed E-state index contributed by atoms with van der Waals surface area (Å²) in [5.74, 6) is 0. The standard InChI is InChI=1S/C10H9IS2/c1-6-3-4-7-8(11)5-13-10(7)9(6)12-2/h3-5H,1-2H3. The van der Waals surface area contributed by atoms with Crippen LogP contribution in [-0.2, 0) is 0 Å². The van der Waals surface area contributed by atoms with E-state index >= 15 is 0 Å². The summed E-state index contributed by atoms with van der Waals surface area (Å²) in [5.41, 5.74) is 1.39. The molecular formula is C10H9IS2. The van der Waals surface area contributed by atoms with Crippen molar-refractivity contribution in [1.29, 1.82) is 0 Å². The first-order chi connectivity index (χ1) is 6.24. The van der Waals surface area contributed by atoms with Crippen LogP contribution in [-0.4, -0.2) is 6.26 Å². The monoisotopic (exact) mass is 320 g/mol. The summed E-state index contributed by atoms with van der Waals surface area (Å²) in [4.78, 5) is 1.44. The first-order valence-corrected chi connectivity index (χ1v) is 7.12. The summed E-state index contributed by atoms with van der Waals surface area (Å²) in [6, 6.07) is 4.44. The minimum Gasteiger partial charge on any atom is -0.141 e. The van der Waals surface area contributed by atoms with Crippen molar-refractivity contribution in [2.24, 2.45) is 0 Å². The van der Waals surface area contributed by atoms with Crippen molar-refractivity contribution < 1.29 is 0 Å². The van der Waals surface area contributed by atoms with E-state index in [2.05, 4.69) is 53.3 Å². The topological polar surface area (TPSA) is 0 Å². The van der Waals surface area contributed by atoms with Crippen LogP contribution in [0.4, 0.5) is 0 Å². The summed E-state index contributed by atoms with van der Waals surface area (Å²) in [6.07, 6.45) is 2.15. The van der Waals surface area contributed by atoms with Crippen LogP contribution in [0.1, 0.15) is 5.56 Å². The number of aryl methyl sites for hydroxylation is 1. The Kier molecular flexibility index (Phi) is 2.86. The maximum Gasteiger partial charge on any atom is 0.0492 e. The Labute approximate surface area is 99.9 Å². The SMILES string of the molecule is CSc1c(C)ccc2c(I)csc12. The number of rotatable bonds is 1. The minimum atomic E-state index is 1.37. The first kappa shape index (κ1) is 9.80. The molecule has 1 aromatic carbocycles. The Bertz CT molecular complexity index is 445. The van der Waals surface area contributed by atoms with Gasteiger partial charge in [-0.25, -0.2) is 0 Å². The maximum absolute atomic E-state index is 2.40. The predicted molar refractivity (Wildman–Crippen MR) is 71.1 cm³/mol. The zero-order valence-corrected chi connectivity index (χ0v) is 11.2. The fourth-order valence-corrected chi connectivity index (χ4v) is 4.41. The van der Waals surface area contributed by atoms with E-state index in [4.69, 9.17) is 0 Å². The molecule has 2 aromatic rings. The number of halogens is 1. The van der Waals surface area contributed by atoms with E-state index in [1.807, 2.05) is 23.1 Å². The molecule has 0 aliphatic carbocycles. The highest BCUT2D eigenvalue weighted by Gasteiger charge is 2.07. The average Bonchev–Trinajstić information content (AvgIpc) is 2.48. The highest BCUT2D eigenvalue weighted by atomic mass is 127. The Morgan fingerprint density at radius 3 is 2.85 bits per heavy atom. The van der Waals surface area contributed by atoms with E-state index in [1.165, 1.54) is 24.1 Å². The van der Waals surface area contributed by atoms with Gasteiger partial charge in [0.25, 0.3) is 0 Å². The molecule has 3 heteroatoms. The highest BCUT2D eigenvalue weighted by molar-refractivity contribution is 14.1. The van der Waals surface area contributed by atoms with Crippen LogP contribution in [0.3, 0.4) is 0 Å². The number of thioether (sulfide) groups is 1. The Morgan fingerprint density at radius 1 is 1.38 bits per heavy atom. The highest BCUT2D eigenvalue weighted by Crippen LogP contribution is 2.36. The number of fused-ring (bicyclic) bond motifs is 1. The Hall–Kier alpha value is 0.260. The van der Waals surface area contributed by atoms with Gasteiger partial charge in [0.05, 0.1) is 0 Å². The lowest BCUT2D eigenvalue weighted by molar-refractivity contribution is 1.37. The van der Waals surface area contributed by atoms with E-state index < -0.39 is 0 Å². The van der Waals surface area contributed by atoms with Crippen LogP contribution in [0, 0.1) is 10.5 Å². The molecule has 2 rings (SSSR count). The van der Waals surface area contributed by atoms with Crippen LogP contribution in [0.15, 0.2) is 22.4 Å². The molecule has 0 atom stereocenters. The zero-order chi connectivity index (χ0) is 9.42. The van der Waals surface area contributed by atoms with Gasteiger partial charge in [0.15, 0.2) is 0 Å². The molecule has 0 aliphatic rings. The zero-order valence-electron chi connectivity index (χ0n) is 7.43. The average molecular weight is 320 g/mol. The molecular weight excluding hydrogens is 311 g/mol. The largest absolute Gasteiger partial charge is 0.141 e. The molecule has 0 spiro atoms. The molecule has 0 saturated heterocycles. The Morgan fingerprint density at radius 2 is 2.15 bits per heavy atom. The number of thiophene rings is 1. The normalized spacial score (nSPS) is 11.0. The maximum atomic E-state index is 2.40. The lowest BCUT2D eigenvalue weighted by Crippen LogP contribution is -1.78. The van der Waals surface area contributed by atoms with Crippen molar-refractivity contribution in [3.8, 4) is 0 Å². The van der Waals surface area contributed by atoms with E-state index in [-0.39, 0.29) is 0 Å². The van der Waals surface area contributed by atoms with Crippen LogP contribution < -0.4 is 0 Å². The van der Waals surface area contributed by atoms with Gasteiger partial charge in [0, 0.05) is 23.9 Å². The van der Waals surface area contributed by atoms with Gasteiger partial charge in [-0.2, -0.15) is 0 Å². The summed E-state index contributed by atoms with van der Waals surface area (Å²) in [6.45, 7) is 2.18. The molecule has 1 heterocycles. The van der Waals surface area contributed by atoms with E-state index in [9.17, 15) is 0 Å². The van der Waals surface area contributed by atoms with E-state index in [0.29, 0.717) is 0 Å². The van der Waals surface area contributed by atoms with Gasteiger partial charge in [-0.05, 0) is 41.3 Å². The molecule has 0 aliphatic heterocycles. The molecule has 0 N–H and O–H groups in total. The molecule has 0 nitrogen and oxygen atoms in total. The van der Waals surface area contributed by atoms with Gasteiger partial charge in [0.1, 0.15) is 0 Å². The molecule has 0 bridgehead atoms. The fourth-order valence-electron chi connectivity index (χ4n) is 1.39. The number of hydrogen-bond donors (Lipinski definition) is 0. The van der Waals surface area contributed by atoms with Crippen LogP contribution in [0.2, 0.25) is 0 Å². The van der Waals surface area contributed by atoms with Crippen molar-refractivity contribution in [1.82, 2.24) is 0 Å². The van der Waals surface area contributed by atoms with Crippen molar-refractivity contribution in [3.63, 3.8) is 0 Å². The van der Waals surface area contributed by atoms with Gasteiger partial charge in [-0.3, -0.25) is 0 Å². The smallest absolute Gasteiger partial charge is 0.0492 e. The molecule has 0 radical (unpaired) electrons. The minimum absolute atomic E-state index is 1.37. The third-order valence-electron chi connectivity index (χ3n) is 2.05. The Balaban J connectivity index is 2.85. The van der Waals surface area contributed by atoms with E-state index in [1.54, 1.807) is 0 Å². The van der Waals surface area contributed by atoms with Crippen molar-refractivity contribution in [2.45, 2.75) is 11.8 Å².